The number of halogens is 1. The van der Waals surface area contributed by atoms with Crippen LogP contribution in [0.3, 0.4) is 0 Å². The molecule has 8 heteroatoms. The van der Waals surface area contributed by atoms with Crippen LogP contribution in [0.4, 0.5) is 4.39 Å². The number of carbonyl (C=O) groups is 2. The van der Waals surface area contributed by atoms with Gasteiger partial charge in [0.1, 0.15) is 0 Å². The molecule has 1 heterocycles. The molecule has 1 saturated heterocycles. The van der Waals surface area contributed by atoms with Gasteiger partial charge in [0.2, 0.25) is 5.78 Å². The van der Waals surface area contributed by atoms with Crippen molar-refractivity contribution < 1.29 is 38.4 Å². The van der Waals surface area contributed by atoms with Gasteiger partial charge in [0, 0.05) is 36.5 Å². The van der Waals surface area contributed by atoms with E-state index in [4.69, 9.17) is 14.2 Å². The van der Waals surface area contributed by atoms with Gasteiger partial charge >= 0.3 is 5.97 Å². The van der Waals surface area contributed by atoms with Crippen molar-refractivity contribution >= 4 is 11.8 Å². The third kappa shape index (κ3) is 2.87. The van der Waals surface area contributed by atoms with Gasteiger partial charge in [-0.25, -0.2) is 4.39 Å². The summed E-state index contributed by atoms with van der Waals surface area (Å²) in [6, 6.07) is 0. The number of fused-ring (bicyclic) bond motifs is 7. The maximum atomic E-state index is 17.5. The van der Waals surface area contributed by atoms with Crippen molar-refractivity contribution in [3.63, 3.8) is 0 Å². The molecule has 36 heavy (non-hydrogen) atoms. The standard InChI is InChI=1S/C28H37FO7/c1-16(30)34-15-22(33)28-23(35-26(36-28)9-4-5-10-26)13-20-19-7-6-17-12-18(31)8-11-24(17,2)27(19,29)21(32)14-25(20,28)3/h8,11-12,18-21,23,31-32H,4-7,9-10,13-15H2,1-3H3/t18?,19-,20-,21-,23+,24-,25-,27-,28+/m0/s1. The predicted octanol–water partition coefficient (Wildman–Crippen LogP) is 3.32. The Kier molecular flexibility index (Phi) is 5.29. The second-order valence-corrected chi connectivity index (χ2v) is 12.4. The van der Waals surface area contributed by atoms with Gasteiger partial charge in [-0.2, -0.15) is 0 Å². The number of ether oxygens (including phenoxy) is 3. The van der Waals surface area contributed by atoms with Gasteiger partial charge in [-0.3, -0.25) is 9.59 Å². The van der Waals surface area contributed by atoms with Crippen LogP contribution in [-0.2, 0) is 23.8 Å². The molecular weight excluding hydrogens is 467 g/mol. The van der Waals surface area contributed by atoms with E-state index in [2.05, 4.69) is 0 Å². The van der Waals surface area contributed by atoms with Crippen LogP contribution in [0.2, 0.25) is 0 Å². The summed E-state index contributed by atoms with van der Waals surface area (Å²) in [6.45, 7) is 4.59. The summed E-state index contributed by atoms with van der Waals surface area (Å²) in [5.74, 6) is -2.56. The number of carbonyl (C=O) groups excluding carboxylic acids is 2. The molecule has 6 rings (SSSR count). The van der Waals surface area contributed by atoms with Gasteiger partial charge in [0.15, 0.2) is 23.7 Å². The number of alkyl halides is 1. The Morgan fingerprint density at radius 1 is 1.19 bits per heavy atom. The molecule has 0 aromatic heterocycles. The van der Waals surface area contributed by atoms with Crippen molar-refractivity contribution in [1.29, 1.82) is 0 Å². The van der Waals surface area contributed by atoms with Crippen LogP contribution in [0.5, 0.6) is 0 Å². The van der Waals surface area contributed by atoms with Crippen LogP contribution in [0.25, 0.3) is 0 Å². The summed E-state index contributed by atoms with van der Waals surface area (Å²) in [7, 11) is 0. The lowest BCUT2D eigenvalue weighted by Crippen LogP contribution is -2.70. The van der Waals surface area contributed by atoms with Crippen molar-refractivity contribution in [1.82, 2.24) is 0 Å². The van der Waals surface area contributed by atoms with E-state index in [1.807, 2.05) is 13.8 Å². The zero-order chi connectivity index (χ0) is 25.7. The summed E-state index contributed by atoms with van der Waals surface area (Å²) in [6.07, 6.45) is 7.18. The average Bonchev–Trinajstić information content (AvgIpc) is 3.47. The molecule has 0 aromatic rings. The monoisotopic (exact) mass is 504 g/mol. The van der Waals surface area contributed by atoms with E-state index in [1.165, 1.54) is 6.92 Å². The number of aliphatic hydroxyl groups is 2. The highest BCUT2D eigenvalue weighted by Crippen LogP contribution is 2.73. The normalized spacial score (nSPS) is 50.2. The Balaban J connectivity index is 1.43. The largest absolute Gasteiger partial charge is 0.458 e. The van der Waals surface area contributed by atoms with Crippen LogP contribution in [-0.4, -0.2) is 63.9 Å². The molecule has 1 unspecified atom stereocenters. The van der Waals surface area contributed by atoms with Crippen molar-refractivity contribution in [2.24, 2.45) is 22.7 Å². The van der Waals surface area contributed by atoms with Gasteiger partial charge in [0.05, 0.1) is 18.3 Å². The van der Waals surface area contributed by atoms with E-state index in [1.54, 1.807) is 18.2 Å². The number of aliphatic hydroxyl groups excluding tert-OH is 2. The van der Waals surface area contributed by atoms with Crippen LogP contribution >= 0.6 is 0 Å². The number of allylic oxidation sites excluding steroid dienone is 2. The molecule has 0 amide bonds. The molecule has 5 fully saturated rings. The van der Waals surface area contributed by atoms with Crippen molar-refractivity contribution in [3.8, 4) is 0 Å². The fourth-order valence-corrected chi connectivity index (χ4v) is 9.16. The second kappa shape index (κ2) is 7.71. The molecule has 198 valence electrons. The Labute approximate surface area is 211 Å². The van der Waals surface area contributed by atoms with Gasteiger partial charge in [-0.05, 0) is 51.4 Å². The maximum absolute atomic E-state index is 17.5. The number of esters is 1. The first-order valence-electron chi connectivity index (χ1n) is 13.4. The third-order valence-electron chi connectivity index (χ3n) is 10.8. The zero-order valence-corrected chi connectivity index (χ0v) is 21.3. The molecule has 0 bridgehead atoms. The summed E-state index contributed by atoms with van der Waals surface area (Å²) in [5.41, 5.74) is -4.49. The first kappa shape index (κ1) is 24.7. The first-order valence-corrected chi connectivity index (χ1v) is 13.4. The topological polar surface area (TPSA) is 102 Å². The van der Waals surface area contributed by atoms with Crippen LogP contribution < -0.4 is 0 Å². The molecule has 2 N–H and O–H groups in total. The van der Waals surface area contributed by atoms with Gasteiger partial charge in [-0.1, -0.05) is 30.7 Å². The number of hydrogen-bond acceptors (Lipinski definition) is 7. The minimum atomic E-state index is -1.96. The maximum Gasteiger partial charge on any atom is 0.303 e. The van der Waals surface area contributed by atoms with Crippen LogP contribution in [0, 0.1) is 22.7 Å². The molecule has 9 atom stereocenters. The fraction of sp³-hybridized carbons (Fsp3) is 0.786. The summed E-state index contributed by atoms with van der Waals surface area (Å²) in [4.78, 5) is 25.5. The Morgan fingerprint density at radius 2 is 1.92 bits per heavy atom. The molecule has 5 aliphatic carbocycles. The predicted molar refractivity (Wildman–Crippen MR) is 126 cm³/mol. The van der Waals surface area contributed by atoms with E-state index >= 15 is 4.39 Å². The zero-order valence-electron chi connectivity index (χ0n) is 21.3. The fourth-order valence-electron chi connectivity index (χ4n) is 9.16. The SMILES string of the molecule is CC(=O)OCC(=O)[C@@]12OC3(CCCC3)O[C@@H]1C[C@H]1[C@@H]3CCC4=CC(O)C=C[C@]4(C)[C@@]3(F)[C@@H](O)C[C@@]12C. The first-order chi connectivity index (χ1) is 16.9. The molecule has 4 saturated carbocycles. The smallest absolute Gasteiger partial charge is 0.303 e. The van der Waals surface area contributed by atoms with Crippen LogP contribution in [0.15, 0.2) is 23.8 Å². The lowest BCUT2D eigenvalue weighted by atomic mass is 9.44. The lowest BCUT2D eigenvalue weighted by molar-refractivity contribution is -0.253. The number of Topliss-reactive ketones (excluding diaryl/α,β-unsaturated/α-hetero) is 1. The molecule has 1 spiro atoms. The van der Waals surface area contributed by atoms with Gasteiger partial charge < -0.3 is 24.4 Å². The van der Waals surface area contributed by atoms with E-state index in [0.29, 0.717) is 32.1 Å². The highest BCUT2D eigenvalue weighted by Gasteiger charge is 2.80. The van der Waals surface area contributed by atoms with Crippen molar-refractivity contribution in [2.75, 3.05) is 6.61 Å². The molecule has 6 aliphatic rings. The van der Waals surface area contributed by atoms with Crippen molar-refractivity contribution in [3.05, 3.63) is 23.8 Å². The average molecular weight is 505 g/mol. The molecular formula is C28H37FO7. The minimum Gasteiger partial charge on any atom is -0.458 e. The lowest BCUT2D eigenvalue weighted by Gasteiger charge is -2.63. The van der Waals surface area contributed by atoms with Crippen LogP contribution in [0.1, 0.15) is 72.1 Å². The highest BCUT2D eigenvalue weighted by atomic mass is 19.1. The highest BCUT2D eigenvalue weighted by molar-refractivity contribution is 5.92. The summed E-state index contributed by atoms with van der Waals surface area (Å²) < 4.78 is 35.9. The van der Waals surface area contributed by atoms with E-state index in [0.717, 1.165) is 18.4 Å². The Hall–Kier alpha value is -1.61. The number of hydrogen-bond donors (Lipinski definition) is 2. The van der Waals surface area contributed by atoms with Crippen molar-refractivity contribution in [2.45, 2.75) is 108 Å². The molecule has 1 aliphatic heterocycles. The molecule has 0 radical (unpaired) electrons. The van der Waals surface area contributed by atoms with Gasteiger partial charge in [-0.15, -0.1) is 0 Å². The Bertz CT molecular complexity index is 1050. The van der Waals surface area contributed by atoms with E-state index in [9.17, 15) is 19.8 Å². The Morgan fingerprint density at radius 3 is 2.61 bits per heavy atom. The van der Waals surface area contributed by atoms with Gasteiger partial charge in [0.25, 0.3) is 0 Å². The number of rotatable bonds is 3. The summed E-state index contributed by atoms with van der Waals surface area (Å²) >= 11 is 0. The number of ketones is 1. The van der Waals surface area contributed by atoms with E-state index in [-0.39, 0.29) is 18.1 Å². The minimum absolute atomic E-state index is 0.0334. The third-order valence-corrected chi connectivity index (χ3v) is 10.8. The van der Waals surface area contributed by atoms with E-state index < -0.39 is 64.7 Å². The quantitative estimate of drug-likeness (QED) is 0.449. The summed E-state index contributed by atoms with van der Waals surface area (Å²) in [5, 5.41) is 21.8. The molecule has 7 nitrogen and oxygen atoms in total. The second-order valence-electron chi connectivity index (χ2n) is 12.4. The molecule has 0 aromatic carbocycles.